The molecule has 5 heteroatoms. The summed E-state index contributed by atoms with van der Waals surface area (Å²) < 4.78 is 13.0. The fourth-order valence-electron chi connectivity index (χ4n) is 1.85. The van der Waals surface area contributed by atoms with Crippen LogP contribution in [0.15, 0.2) is 24.4 Å². The second kappa shape index (κ2) is 5.97. The molecule has 19 heavy (non-hydrogen) atoms. The molecule has 2 aromatic rings. The summed E-state index contributed by atoms with van der Waals surface area (Å²) in [7, 11) is 0. The third-order valence-electron chi connectivity index (χ3n) is 2.93. The second-order valence-corrected chi connectivity index (χ2v) is 4.76. The number of nitrogens with zero attached hydrogens (tertiary/aromatic N) is 2. The van der Waals surface area contributed by atoms with Crippen molar-refractivity contribution in [3.63, 3.8) is 0 Å². The van der Waals surface area contributed by atoms with Gasteiger partial charge in [-0.25, -0.2) is 14.4 Å². The number of hydrogen-bond donors (Lipinski definition) is 1. The molecular weight excluding hydrogens is 265 g/mol. The predicted octanol–water partition coefficient (Wildman–Crippen LogP) is 3.54. The Morgan fingerprint density at radius 1 is 1.26 bits per heavy atom. The van der Waals surface area contributed by atoms with E-state index in [1.54, 1.807) is 12.3 Å². The molecule has 1 N–H and O–H groups in total. The smallest absolute Gasteiger partial charge is 0.224 e. The zero-order valence-corrected chi connectivity index (χ0v) is 11.6. The first-order valence-electron chi connectivity index (χ1n) is 6.04. The van der Waals surface area contributed by atoms with Crippen LogP contribution >= 0.6 is 11.6 Å². The molecule has 0 aliphatic carbocycles. The lowest BCUT2D eigenvalue weighted by atomic mass is 10.1. The Hall–Kier alpha value is -1.68. The number of nitrogens with one attached hydrogen (secondary N) is 1. The van der Waals surface area contributed by atoms with Gasteiger partial charge in [0.15, 0.2) is 0 Å². The van der Waals surface area contributed by atoms with Gasteiger partial charge in [0.05, 0.1) is 0 Å². The molecule has 0 amide bonds. The number of aromatic nitrogens is 2. The van der Waals surface area contributed by atoms with Crippen LogP contribution in [-0.4, -0.2) is 16.5 Å². The molecule has 0 saturated carbocycles. The van der Waals surface area contributed by atoms with Crippen molar-refractivity contribution < 1.29 is 4.39 Å². The van der Waals surface area contributed by atoms with Gasteiger partial charge in [-0.2, -0.15) is 0 Å². The topological polar surface area (TPSA) is 37.8 Å². The van der Waals surface area contributed by atoms with Gasteiger partial charge in [-0.15, -0.1) is 0 Å². The van der Waals surface area contributed by atoms with Crippen LogP contribution in [0.5, 0.6) is 0 Å². The summed E-state index contributed by atoms with van der Waals surface area (Å²) in [6.07, 6.45) is 2.48. The molecule has 0 atom stereocenters. The zero-order valence-electron chi connectivity index (χ0n) is 10.9. The largest absolute Gasteiger partial charge is 0.369 e. The lowest BCUT2D eigenvalue weighted by molar-refractivity contribution is 0.625. The van der Waals surface area contributed by atoms with Gasteiger partial charge in [0.1, 0.15) is 11.6 Å². The molecule has 0 saturated heterocycles. The maximum absolute atomic E-state index is 13.0. The molecule has 0 aliphatic rings. The summed E-state index contributed by atoms with van der Waals surface area (Å²) in [6, 6.07) is 4.84. The van der Waals surface area contributed by atoms with Crippen LogP contribution in [0.4, 0.5) is 10.2 Å². The zero-order chi connectivity index (χ0) is 13.8. The minimum Gasteiger partial charge on any atom is -0.369 e. The molecule has 2 rings (SSSR count). The molecule has 100 valence electrons. The summed E-state index contributed by atoms with van der Waals surface area (Å²) in [5, 5.41) is 3.44. The first-order valence-corrected chi connectivity index (χ1v) is 6.42. The highest BCUT2D eigenvalue weighted by atomic mass is 35.5. The molecule has 0 unspecified atom stereocenters. The monoisotopic (exact) mass is 279 g/mol. The quantitative estimate of drug-likeness (QED) is 0.870. The number of anilines is 1. The summed E-state index contributed by atoms with van der Waals surface area (Å²) in [5.41, 5.74) is 3.02. The van der Waals surface area contributed by atoms with Gasteiger partial charge >= 0.3 is 0 Å². The van der Waals surface area contributed by atoms with Gasteiger partial charge in [-0.05, 0) is 55.1 Å². The number of rotatable bonds is 4. The van der Waals surface area contributed by atoms with E-state index in [1.165, 1.54) is 6.07 Å². The Labute approximate surface area is 116 Å². The van der Waals surface area contributed by atoms with Crippen LogP contribution in [0.3, 0.4) is 0 Å². The third-order valence-corrected chi connectivity index (χ3v) is 3.12. The van der Waals surface area contributed by atoms with Crippen molar-refractivity contribution in [2.24, 2.45) is 0 Å². The van der Waals surface area contributed by atoms with Gasteiger partial charge in [0.25, 0.3) is 0 Å². The van der Waals surface area contributed by atoms with Crippen LogP contribution in [-0.2, 0) is 6.42 Å². The van der Waals surface area contributed by atoms with Gasteiger partial charge in [0.2, 0.25) is 5.28 Å². The van der Waals surface area contributed by atoms with Gasteiger partial charge in [-0.1, -0.05) is 6.07 Å². The van der Waals surface area contributed by atoms with E-state index < -0.39 is 0 Å². The lowest BCUT2D eigenvalue weighted by Crippen LogP contribution is -2.09. The summed E-state index contributed by atoms with van der Waals surface area (Å²) in [4.78, 5) is 8.03. The van der Waals surface area contributed by atoms with Gasteiger partial charge in [-0.3, -0.25) is 0 Å². The van der Waals surface area contributed by atoms with E-state index in [-0.39, 0.29) is 11.1 Å². The van der Waals surface area contributed by atoms with E-state index in [2.05, 4.69) is 15.3 Å². The molecular formula is C14H15ClFN3. The van der Waals surface area contributed by atoms with Crippen molar-refractivity contribution in [2.45, 2.75) is 20.3 Å². The Morgan fingerprint density at radius 3 is 2.79 bits per heavy atom. The van der Waals surface area contributed by atoms with E-state index in [9.17, 15) is 4.39 Å². The predicted molar refractivity (Wildman–Crippen MR) is 75.1 cm³/mol. The Kier molecular flexibility index (Phi) is 4.32. The molecule has 1 aromatic heterocycles. The Balaban J connectivity index is 1.98. The molecule has 0 fully saturated rings. The normalized spacial score (nSPS) is 10.5. The van der Waals surface area contributed by atoms with E-state index in [4.69, 9.17) is 11.6 Å². The first kappa shape index (κ1) is 13.7. The molecule has 0 radical (unpaired) electrons. The lowest BCUT2D eigenvalue weighted by Gasteiger charge is -2.09. The van der Waals surface area contributed by atoms with Crippen molar-refractivity contribution in [2.75, 3.05) is 11.9 Å². The standard InChI is InChI=1S/C14H15ClFN3/c1-9-7-12(16)4-3-11(9)5-6-17-13-10(2)8-18-14(15)19-13/h3-4,7-8H,5-6H2,1-2H3,(H,17,18,19). The van der Waals surface area contributed by atoms with E-state index in [1.807, 2.05) is 19.9 Å². The highest BCUT2D eigenvalue weighted by molar-refractivity contribution is 6.28. The average molecular weight is 280 g/mol. The van der Waals surface area contributed by atoms with Crippen LogP contribution in [0.1, 0.15) is 16.7 Å². The fourth-order valence-corrected chi connectivity index (χ4v) is 1.99. The summed E-state index contributed by atoms with van der Waals surface area (Å²) >= 11 is 5.75. The number of aryl methyl sites for hydroxylation is 2. The minimum absolute atomic E-state index is 0.201. The fraction of sp³-hybridized carbons (Fsp3) is 0.286. The molecule has 1 aromatic carbocycles. The molecule has 0 aliphatic heterocycles. The van der Waals surface area contributed by atoms with Crippen molar-refractivity contribution in [3.8, 4) is 0 Å². The van der Waals surface area contributed by atoms with Crippen molar-refractivity contribution >= 4 is 17.4 Å². The first-order chi connectivity index (χ1) is 9.06. The molecule has 0 spiro atoms. The van der Waals surface area contributed by atoms with Crippen LogP contribution in [0, 0.1) is 19.7 Å². The third kappa shape index (κ3) is 3.64. The SMILES string of the molecule is Cc1cc(F)ccc1CCNc1nc(Cl)ncc1C. The van der Waals surface area contributed by atoms with Gasteiger partial charge < -0.3 is 5.32 Å². The van der Waals surface area contributed by atoms with Crippen LogP contribution < -0.4 is 5.32 Å². The molecule has 0 bridgehead atoms. The summed E-state index contributed by atoms with van der Waals surface area (Å²) in [6.45, 7) is 4.54. The van der Waals surface area contributed by atoms with Crippen molar-refractivity contribution in [1.29, 1.82) is 0 Å². The van der Waals surface area contributed by atoms with E-state index in [0.29, 0.717) is 6.54 Å². The number of benzene rings is 1. The maximum atomic E-state index is 13.0. The minimum atomic E-state index is -0.201. The number of hydrogen-bond acceptors (Lipinski definition) is 3. The van der Waals surface area contributed by atoms with E-state index >= 15 is 0 Å². The van der Waals surface area contributed by atoms with Crippen molar-refractivity contribution in [3.05, 3.63) is 52.2 Å². The highest BCUT2D eigenvalue weighted by Gasteiger charge is 2.03. The molecule has 3 nitrogen and oxygen atoms in total. The Morgan fingerprint density at radius 2 is 2.05 bits per heavy atom. The van der Waals surface area contributed by atoms with Crippen LogP contribution in [0.2, 0.25) is 5.28 Å². The Bertz CT molecular complexity index is 587. The highest BCUT2D eigenvalue weighted by Crippen LogP contribution is 2.14. The van der Waals surface area contributed by atoms with Gasteiger partial charge in [0, 0.05) is 18.3 Å². The second-order valence-electron chi connectivity index (χ2n) is 4.42. The average Bonchev–Trinajstić information content (AvgIpc) is 2.36. The van der Waals surface area contributed by atoms with E-state index in [0.717, 1.165) is 28.9 Å². The number of halogens is 2. The van der Waals surface area contributed by atoms with Crippen LogP contribution in [0.25, 0.3) is 0 Å². The van der Waals surface area contributed by atoms with Crippen molar-refractivity contribution in [1.82, 2.24) is 9.97 Å². The molecule has 1 heterocycles. The maximum Gasteiger partial charge on any atom is 0.224 e. The summed E-state index contributed by atoms with van der Waals surface area (Å²) in [5.74, 6) is 0.535.